The molecule has 0 aliphatic carbocycles. The molecule has 0 radical (unpaired) electrons. The molecule has 2 aliphatic heterocycles. The maximum atomic E-state index is 13.2. The Kier molecular flexibility index (Phi) is 8.78. The van der Waals surface area contributed by atoms with Gasteiger partial charge in [0, 0.05) is 52.4 Å². The summed E-state index contributed by atoms with van der Waals surface area (Å²) in [6.45, 7) is 11.0. The third-order valence-corrected chi connectivity index (χ3v) is 7.53. The molecule has 0 saturated carbocycles. The number of carbonyl (C=O) groups is 3. The highest BCUT2D eigenvalue weighted by atomic mass is 19.1. The second-order valence-corrected chi connectivity index (χ2v) is 10.3. The molecule has 10 nitrogen and oxygen atoms in total. The molecule has 2 N–H and O–H groups in total. The Morgan fingerprint density at radius 2 is 1.71 bits per heavy atom. The van der Waals surface area contributed by atoms with Crippen LogP contribution < -0.4 is 10.6 Å². The van der Waals surface area contributed by atoms with Gasteiger partial charge in [-0.2, -0.15) is 5.10 Å². The van der Waals surface area contributed by atoms with E-state index in [0.29, 0.717) is 6.54 Å². The van der Waals surface area contributed by atoms with Gasteiger partial charge >= 0.3 is 0 Å². The lowest BCUT2D eigenvalue weighted by Gasteiger charge is -2.40. The fourth-order valence-corrected chi connectivity index (χ4v) is 4.96. The van der Waals surface area contributed by atoms with Gasteiger partial charge in [-0.15, -0.1) is 0 Å². The van der Waals surface area contributed by atoms with Crippen molar-refractivity contribution in [3.05, 3.63) is 53.1 Å². The first kappa shape index (κ1) is 27.7. The number of halogens is 1. The van der Waals surface area contributed by atoms with E-state index < -0.39 is 5.54 Å². The molecule has 38 heavy (non-hydrogen) atoms. The molecule has 4 rings (SSSR count). The van der Waals surface area contributed by atoms with E-state index in [2.05, 4.69) is 32.5 Å². The lowest BCUT2D eigenvalue weighted by molar-refractivity contribution is -0.132. The van der Waals surface area contributed by atoms with Crippen LogP contribution in [0.25, 0.3) is 0 Å². The van der Waals surface area contributed by atoms with E-state index in [9.17, 15) is 18.8 Å². The molecular weight excluding hydrogens is 489 g/mol. The number of nitrogens with one attached hydrogen (secondary N) is 2. The molecule has 11 heteroatoms. The maximum absolute atomic E-state index is 13.2. The largest absolute Gasteiger partial charge is 0.351 e. The standard InChI is InChI=1S/C27H38FN7O3/c1-4-11-33-13-15-34(16-14-33)12-5-10-29-24(36)22-17-23-25(37)32(3)27(2,19-35(23)31-22)26(38)30-18-20-6-8-21(28)9-7-20/h6-9,17H,4-5,10-16,18-19H2,1-3H3,(H,29,36)(H,30,38)/t27-/m0/s1. The van der Waals surface area contributed by atoms with Crippen molar-refractivity contribution < 1.29 is 18.8 Å². The molecule has 1 aromatic heterocycles. The molecule has 3 heterocycles. The summed E-state index contributed by atoms with van der Waals surface area (Å²) >= 11 is 0. The first-order valence-corrected chi connectivity index (χ1v) is 13.3. The number of rotatable bonds is 10. The van der Waals surface area contributed by atoms with Crippen LogP contribution in [0.2, 0.25) is 0 Å². The molecule has 3 amide bonds. The van der Waals surface area contributed by atoms with Crippen molar-refractivity contribution in [1.29, 1.82) is 0 Å². The number of likely N-dealkylation sites (N-methyl/N-ethyl adjacent to an activating group) is 1. The van der Waals surface area contributed by atoms with E-state index in [-0.39, 0.29) is 48.0 Å². The van der Waals surface area contributed by atoms with Crippen LogP contribution >= 0.6 is 0 Å². The number of amides is 3. The molecule has 1 fully saturated rings. The number of carbonyl (C=O) groups excluding carboxylic acids is 3. The Hall–Kier alpha value is -3.31. The minimum Gasteiger partial charge on any atom is -0.351 e. The quantitative estimate of drug-likeness (QED) is 0.452. The van der Waals surface area contributed by atoms with Gasteiger partial charge in [-0.05, 0) is 50.6 Å². The van der Waals surface area contributed by atoms with Crippen molar-refractivity contribution in [2.24, 2.45) is 0 Å². The van der Waals surface area contributed by atoms with Crippen LogP contribution in [0.3, 0.4) is 0 Å². The summed E-state index contributed by atoms with van der Waals surface area (Å²) in [4.78, 5) is 45.2. The van der Waals surface area contributed by atoms with E-state index >= 15 is 0 Å². The average Bonchev–Trinajstić information content (AvgIpc) is 3.34. The molecule has 1 atom stereocenters. The number of benzene rings is 1. The van der Waals surface area contributed by atoms with Crippen LogP contribution in [0.4, 0.5) is 4.39 Å². The highest BCUT2D eigenvalue weighted by Crippen LogP contribution is 2.26. The first-order chi connectivity index (χ1) is 18.2. The zero-order valence-corrected chi connectivity index (χ0v) is 22.5. The van der Waals surface area contributed by atoms with Crippen LogP contribution in [0, 0.1) is 5.82 Å². The third kappa shape index (κ3) is 6.21. The molecular formula is C27H38FN7O3. The van der Waals surface area contributed by atoms with Gasteiger partial charge in [-0.25, -0.2) is 4.39 Å². The summed E-state index contributed by atoms with van der Waals surface area (Å²) in [7, 11) is 1.57. The van der Waals surface area contributed by atoms with Crippen molar-refractivity contribution in [2.75, 3.05) is 52.9 Å². The fourth-order valence-electron chi connectivity index (χ4n) is 4.96. The Balaban J connectivity index is 1.29. The number of aromatic nitrogens is 2. The number of hydrogen-bond donors (Lipinski definition) is 2. The van der Waals surface area contributed by atoms with E-state index in [0.717, 1.165) is 51.3 Å². The van der Waals surface area contributed by atoms with E-state index in [1.165, 1.54) is 34.2 Å². The molecule has 1 saturated heterocycles. The Morgan fingerprint density at radius 3 is 2.37 bits per heavy atom. The normalized spacial score (nSPS) is 20.3. The van der Waals surface area contributed by atoms with Crippen molar-refractivity contribution in [2.45, 2.75) is 45.3 Å². The number of fused-ring (bicyclic) bond motifs is 1. The lowest BCUT2D eigenvalue weighted by atomic mass is 9.96. The highest BCUT2D eigenvalue weighted by molar-refractivity contribution is 6.01. The maximum Gasteiger partial charge on any atom is 0.272 e. The van der Waals surface area contributed by atoms with Crippen LogP contribution in [0.1, 0.15) is 53.2 Å². The summed E-state index contributed by atoms with van der Waals surface area (Å²) in [5, 5.41) is 10.1. The zero-order chi connectivity index (χ0) is 27.3. The van der Waals surface area contributed by atoms with Gasteiger partial charge in [0.1, 0.15) is 17.1 Å². The molecule has 0 unspecified atom stereocenters. The van der Waals surface area contributed by atoms with Crippen LogP contribution in [0.5, 0.6) is 0 Å². The minimum absolute atomic E-state index is 0.108. The summed E-state index contributed by atoms with van der Waals surface area (Å²) in [5.41, 5.74) is -0.0340. The molecule has 0 bridgehead atoms. The Morgan fingerprint density at radius 1 is 1.05 bits per heavy atom. The smallest absolute Gasteiger partial charge is 0.272 e. The van der Waals surface area contributed by atoms with Gasteiger partial charge in [0.15, 0.2) is 5.69 Å². The molecule has 2 aromatic rings. The van der Waals surface area contributed by atoms with Gasteiger partial charge in [-0.3, -0.25) is 19.1 Å². The van der Waals surface area contributed by atoms with Crippen LogP contribution in [0.15, 0.2) is 30.3 Å². The monoisotopic (exact) mass is 527 g/mol. The zero-order valence-electron chi connectivity index (χ0n) is 22.5. The van der Waals surface area contributed by atoms with Crippen molar-refractivity contribution in [3.8, 4) is 0 Å². The van der Waals surface area contributed by atoms with E-state index in [1.54, 1.807) is 26.1 Å². The van der Waals surface area contributed by atoms with Crippen LogP contribution in [-0.4, -0.2) is 101 Å². The SMILES string of the molecule is CCCN1CCN(CCCNC(=O)c2cc3n(n2)C[C@@](C)(C(=O)NCc2ccc(F)cc2)N(C)C3=O)CC1. The van der Waals surface area contributed by atoms with Gasteiger partial charge in [0.2, 0.25) is 5.91 Å². The Bertz CT molecular complexity index is 1140. The second kappa shape index (κ2) is 12.0. The fraction of sp³-hybridized carbons (Fsp3) is 0.556. The van der Waals surface area contributed by atoms with Gasteiger partial charge in [0.25, 0.3) is 11.8 Å². The molecule has 2 aliphatic rings. The average molecular weight is 528 g/mol. The topological polar surface area (TPSA) is 103 Å². The minimum atomic E-state index is -1.20. The number of piperazine rings is 1. The predicted molar refractivity (Wildman–Crippen MR) is 141 cm³/mol. The second-order valence-electron chi connectivity index (χ2n) is 10.3. The summed E-state index contributed by atoms with van der Waals surface area (Å²) in [6.07, 6.45) is 2.01. The number of hydrogen-bond acceptors (Lipinski definition) is 6. The van der Waals surface area contributed by atoms with Gasteiger partial charge < -0.3 is 25.3 Å². The Labute approximate surface area is 223 Å². The van der Waals surface area contributed by atoms with E-state index in [4.69, 9.17) is 0 Å². The van der Waals surface area contributed by atoms with Gasteiger partial charge in [0.05, 0.1) is 6.54 Å². The third-order valence-electron chi connectivity index (χ3n) is 7.53. The predicted octanol–water partition coefficient (Wildman–Crippen LogP) is 1.33. The molecule has 0 spiro atoms. The highest BCUT2D eigenvalue weighted by Gasteiger charge is 2.46. The molecule has 206 valence electrons. The van der Waals surface area contributed by atoms with E-state index in [1.807, 2.05) is 0 Å². The van der Waals surface area contributed by atoms with Gasteiger partial charge in [-0.1, -0.05) is 19.1 Å². The first-order valence-electron chi connectivity index (χ1n) is 13.3. The van der Waals surface area contributed by atoms with Crippen LogP contribution in [-0.2, 0) is 17.9 Å². The molecule has 1 aromatic carbocycles. The summed E-state index contributed by atoms with van der Waals surface area (Å²) < 4.78 is 14.6. The van der Waals surface area contributed by atoms with Crippen molar-refractivity contribution in [1.82, 2.24) is 35.1 Å². The summed E-state index contributed by atoms with van der Waals surface area (Å²) in [5.74, 6) is -1.43. The number of nitrogens with zero attached hydrogens (tertiary/aromatic N) is 5. The van der Waals surface area contributed by atoms with Crippen molar-refractivity contribution >= 4 is 17.7 Å². The summed E-state index contributed by atoms with van der Waals surface area (Å²) in [6, 6.07) is 7.33. The lowest BCUT2D eigenvalue weighted by Crippen LogP contribution is -2.62. The van der Waals surface area contributed by atoms with Crippen molar-refractivity contribution in [3.63, 3.8) is 0 Å².